The summed E-state index contributed by atoms with van der Waals surface area (Å²) in [7, 11) is 0. The van der Waals surface area contributed by atoms with Gasteiger partial charge in [0.05, 0.1) is 12.5 Å². The van der Waals surface area contributed by atoms with E-state index in [1.807, 2.05) is 68.4 Å². The van der Waals surface area contributed by atoms with E-state index < -0.39 is 0 Å². The average molecular weight is 413 g/mol. The van der Waals surface area contributed by atoms with E-state index in [9.17, 15) is 4.79 Å². The van der Waals surface area contributed by atoms with Crippen molar-refractivity contribution in [3.63, 3.8) is 0 Å². The van der Waals surface area contributed by atoms with Gasteiger partial charge in [0.25, 0.3) is 5.56 Å². The van der Waals surface area contributed by atoms with Crippen LogP contribution in [0.1, 0.15) is 19.5 Å². The monoisotopic (exact) mass is 412 g/mol. The van der Waals surface area contributed by atoms with Gasteiger partial charge < -0.3 is 14.8 Å². The Morgan fingerprint density at radius 1 is 0.966 bits per heavy atom. The highest BCUT2D eigenvalue weighted by molar-refractivity contribution is 7.98. The molecule has 0 aliphatic heterocycles. The van der Waals surface area contributed by atoms with E-state index in [4.69, 9.17) is 9.47 Å². The third kappa shape index (κ3) is 5.74. The normalized spacial score (nSPS) is 10.6. The van der Waals surface area contributed by atoms with E-state index in [-0.39, 0.29) is 17.9 Å². The summed E-state index contributed by atoms with van der Waals surface area (Å²) in [5.74, 6) is 3.22. The molecule has 29 heavy (non-hydrogen) atoms. The van der Waals surface area contributed by atoms with Gasteiger partial charge in [0, 0.05) is 5.69 Å². The number of thioether (sulfide) groups is 1. The van der Waals surface area contributed by atoms with Crippen molar-refractivity contribution in [2.75, 3.05) is 17.7 Å². The molecule has 2 aromatic carbocycles. The molecule has 0 aliphatic carbocycles. The molecule has 152 valence electrons. The van der Waals surface area contributed by atoms with Crippen molar-refractivity contribution in [1.29, 1.82) is 0 Å². The van der Waals surface area contributed by atoms with Gasteiger partial charge in [0.15, 0.2) is 5.69 Å². The molecule has 0 unspecified atom stereocenters. The minimum atomic E-state index is -0.217. The summed E-state index contributed by atoms with van der Waals surface area (Å²) >= 11 is 1.63. The zero-order valence-corrected chi connectivity index (χ0v) is 17.3. The number of nitrogens with zero attached hydrogens (tertiary/aromatic N) is 3. The molecule has 1 N–H and O–H groups in total. The van der Waals surface area contributed by atoms with E-state index in [0.29, 0.717) is 24.2 Å². The van der Waals surface area contributed by atoms with Gasteiger partial charge in [-0.25, -0.2) is 0 Å². The molecular formula is C21H24N4O3S. The molecule has 7 nitrogen and oxygen atoms in total. The SMILES string of the molecule is CCOc1ccc(Nc2nnc(COc3ccccc3)c(=O)n2CSCC)cc1. The van der Waals surface area contributed by atoms with Crippen molar-refractivity contribution in [2.45, 2.75) is 26.3 Å². The topological polar surface area (TPSA) is 78.3 Å². The van der Waals surface area contributed by atoms with Gasteiger partial charge in [0.1, 0.15) is 18.1 Å². The molecule has 0 saturated heterocycles. The molecule has 0 amide bonds. The lowest BCUT2D eigenvalue weighted by Gasteiger charge is -2.14. The minimum Gasteiger partial charge on any atom is -0.494 e. The lowest BCUT2D eigenvalue weighted by Crippen LogP contribution is -2.29. The van der Waals surface area contributed by atoms with Crippen molar-refractivity contribution < 1.29 is 9.47 Å². The average Bonchev–Trinajstić information content (AvgIpc) is 2.75. The molecule has 0 aliphatic rings. The highest BCUT2D eigenvalue weighted by Gasteiger charge is 2.13. The Balaban J connectivity index is 1.80. The Labute approximate surface area is 174 Å². The summed E-state index contributed by atoms with van der Waals surface area (Å²) in [5.41, 5.74) is 0.846. The van der Waals surface area contributed by atoms with Crippen LogP contribution in [0.4, 0.5) is 11.6 Å². The number of para-hydroxylation sites is 1. The Morgan fingerprint density at radius 3 is 2.38 bits per heavy atom. The first kappa shape index (κ1) is 20.7. The third-order valence-electron chi connectivity index (χ3n) is 3.98. The second kappa shape index (κ2) is 10.5. The fourth-order valence-corrected chi connectivity index (χ4v) is 3.15. The second-order valence-electron chi connectivity index (χ2n) is 6.01. The van der Waals surface area contributed by atoms with Crippen LogP contribution in [-0.2, 0) is 12.5 Å². The lowest BCUT2D eigenvalue weighted by molar-refractivity contribution is 0.296. The molecule has 1 heterocycles. The minimum absolute atomic E-state index is 0.0654. The molecule has 0 bridgehead atoms. The fourth-order valence-electron chi connectivity index (χ4n) is 2.54. The third-order valence-corrected chi connectivity index (χ3v) is 4.83. The first-order chi connectivity index (χ1) is 14.2. The van der Waals surface area contributed by atoms with Crippen LogP contribution in [0.25, 0.3) is 0 Å². The highest BCUT2D eigenvalue weighted by Crippen LogP contribution is 2.19. The highest BCUT2D eigenvalue weighted by atomic mass is 32.2. The van der Waals surface area contributed by atoms with Crippen LogP contribution in [0.15, 0.2) is 59.4 Å². The predicted molar refractivity (Wildman–Crippen MR) is 116 cm³/mol. The van der Waals surface area contributed by atoms with Gasteiger partial charge in [-0.15, -0.1) is 22.0 Å². The molecule has 1 aromatic heterocycles. The Morgan fingerprint density at radius 2 is 1.69 bits per heavy atom. The zero-order valence-electron chi connectivity index (χ0n) is 16.5. The van der Waals surface area contributed by atoms with Gasteiger partial charge in [-0.1, -0.05) is 25.1 Å². The van der Waals surface area contributed by atoms with Crippen molar-refractivity contribution in [3.05, 3.63) is 70.6 Å². The number of anilines is 2. The fraction of sp³-hybridized carbons (Fsp3) is 0.286. The summed E-state index contributed by atoms with van der Waals surface area (Å²) in [5, 5.41) is 11.5. The first-order valence-corrected chi connectivity index (χ1v) is 10.6. The second-order valence-corrected chi connectivity index (χ2v) is 7.25. The number of nitrogens with one attached hydrogen (secondary N) is 1. The van der Waals surface area contributed by atoms with Crippen LogP contribution in [0.3, 0.4) is 0 Å². The number of benzene rings is 2. The predicted octanol–water partition coefficient (Wildman–Crippen LogP) is 4.07. The molecule has 0 atom stereocenters. The maximum Gasteiger partial charge on any atom is 0.281 e. The van der Waals surface area contributed by atoms with Crippen molar-refractivity contribution in [2.24, 2.45) is 0 Å². The summed E-state index contributed by atoms with van der Waals surface area (Å²) in [4.78, 5) is 13.0. The van der Waals surface area contributed by atoms with Crippen LogP contribution in [0.2, 0.25) is 0 Å². The molecule has 8 heteroatoms. The summed E-state index contributed by atoms with van der Waals surface area (Å²) in [6.07, 6.45) is 0. The van der Waals surface area contributed by atoms with Crippen LogP contribution in [0.5, 0.6) is 11.5 Å². The van der Waals surface area contributed by atoms with Gasteiger partial charge in [-0.05, 0) is 49.1 Å². The van der Waals surface area contributed by atoms with E-state index in [2.05, 4.69) is 15.5 Å². The standard InChI is InChI=1S/C21H24N4O3S/c1-3-27-18-12-10-16(11-13-18)22-21-24-23-19(20(26)25(21)15-29-4-2)14-28-17-8-6-5-7-9-17/h5-13H,3-4,14-15H2,1-2H3,(H,22,24). The molecule has 0 radical (unpaired) electrons. The molecule has 3 rings (SSSR count). The summed E-state index contributed by atoms with van der Waals surface area (Å²) in [6, 6.07) is 16.8. The summed E-state index contributed by atoms with van der Waals surface area (Å²) in [6.45, 7) is 4.66. The molecule has 0 saturated carbocycles. The van der Waals surface area contributed by atoms with Gasteiger partial charge in [-0.2, -0.15) is 0 Å². The largest absolute Gasteiger partial charge is 0.494 e. The zero-order chi connectivity index (χ0) is 20.5. The van der Waals surface area contributed by atoms with Crippen molar-refractivity contribution in [3.8, 4) is 11.5 Å². The van der Waals surface area contributed by atoms with E-state index >= 15 is 0 Å². The van der Waals surface area contributed by atoms with Crippen LogP contribution in [0, 0.1) is 0 Å². The van der Waals surface area contributed by atoms with E-state index in [1.165, 1.54) is 0 Å². The molecule has 0 spiro atoms. The maximum absolute atomic E-state index is 13.0. The summed E-state index contributed by atoms with van der Waals surface area (Å²) < 4.78 is 12.7. The molecule has 3 aromatic rings. The van der Waals surface area contributed by atoms with Gasteiger partial charge in [0.2, 0.25) is 5.95 Å². The van der Waals surface area contributed by atoms with Gasteiger partial charge in [-0.3, -0.25) is 9.36 Å². The molecule has 0 fully saturated rings. The van der Waals surface area contributed by atoms with Gasteiger partial charge >= 0.3 is 0 Å². The number of ether oxygens (including phenoxy) is 2. The Bertz CT molecular complexity index is 962. The first-order valence-electron chi connectivity index (χ1n) is 9.43. The van der Waals surface area contributed by atoms with Crippen LogP contribution < -0.4 is 20.3 Å². The number of rotatable bonds is 10. The van der Waals surface area contributed by atoms with E-state index in [1.54, 1.807) is 16.3 Å². The lowest BCUT2D eigenvalue weighted by atomic mass is 10.3. The van der Waals surface area contributed by atoms with Crippen LogP contribution in [-0.4, -0.2) is 27.1 Å². The number of hydrogen-bond acceptors (Lipinski definition) is 7. The van der Waals surface area contributed by atoms with Crippen molar-refractivity contribution in [1.82, 2.24) is 14.8 Å². The van der Waals surface area contributed by atoms with Crippen molar-refractivity contribution >= 4 is 23.4 Å². The van der Waals surface area contributed by atoms with E-state index in [0.717, 1.165) is 17.2 Å². The number of aromatic nitrogens is 3. The Kier molecular flexibility index (Phi) is 7.52. The molecular weight excluding hydrogens is 388 g/mol. The van der Waals surface area contributed by atoms with Crippen LogP contribution >= 0.6 is 11.8 Å². The quantitative estimate of drug-likeness (QED) is 0.538. The number of hydrogen-bond donors (Lipinski definition) is 1. The smallest absolute Gasteiger partial charge is 0.281 e. The maximum atomic E-state index is 13.0. The Hall–Kier alpha value is -3.00.